The van der Waals surface area contributed by atoms with Crippen molar-refractivity contribution >= 4 is 34.4 Å². The van der Waals surface area contributed by atoms with Crippen LogP contribution in [0.15, 0.2) is 54.6 Å². The van der Waals surface area contributed by atoms with Gasteiger partial charge in [-0.15, -0.1) is 0 Å². The van der Waals surface area contributed by atoms with E-state index in [2.05, 4.69) is 0 Å². The van der Waals surface area contributed by atoms with Crippen molar-refractivity contribution in [3.05, 3.63) is 65.7 Å². The van der Waals surface area contributed by atoms with Crippen molar-refractivity contribution in [3.63, 3.8) is 0 Å². The normalized spacial score (nSPS) is 16.0. The number of hydrogen-bond donors (Lipinski definition) is 1. The molecule has 0 radical (unpaired) electrons. The zero-order valence-corrected chi connectivity index (χ0v) is 14.9. The number of aliphatic carboxylic acids is 1. The van der Waals surface area contributed by atoms with Crippen LogP contribution in [0.2, 0.25) is 0 Å². The van der Waals surface area contributed by atoms with Crippen LogP contribution in [0, 0.1) is 0 Å². The Morgan fingerprint density at radius 3 is 2.46 bits per heavy atom. The third kappa shape index (κ3) is 3.96. The summed E-state index contributed by atoms with van der Waals surface area (Å²) in [6.45, 7) is 0. The second-order valence-corrected chi connectivity index (χ2v) is 7.10. The van der Waals surface area contributed by atoms with Gasteiger partial charge in [-0.2, -0.15) is 0 Å². The van der Waals surface area contributed by atoms with Crippen LogP contribution >= 0.6 is 11.8 Å². The molecule has 0 aliphatic carbocycles. The van der Waals surface area contributed by atoms with Gasteiger partial charge in [0.2, 0.25) is 11.0 Å². The van der Waals surface area contributed by atoms with Crippen LogP contribution in [0.25, 0.3) is 0 Å². The van der Waals surface area contributed by atoms with E-state index < -0.39 is 12.0 Å². The molecule has 134 valence electrons. The second-order valence-electron chi connectivity index (χ2n) is 6.04. The number of carbonyl (C=O) groups excluding carboxylic acids is 2. The lowest BCUT2D eigenvalue weighted by atomic mass is 9.95. The Morgan fingerprint density at radius 2 is 1.73 bits per heavy atom. The number of rotatable bonds is 5. The lowest BCUT2D eigenvalue weighted by Crippen LogP contribution is -2.48. The molecule has 0 unspecified atom stereocenters. The van der Waals surface area contributed by atoms with Crippen LogP contribution in [-0.4, -0.2) is 33.9 Å². The average Bonchev–Trinajstić information content (AvgIpc) is 2.67. The summed E-state index contributed by atoms with van der Waals surface area (Å²) in [7, 11) is 0. The number of benzene rings is 2. The SMILES string of the molecule is O=C(SCCC(=O)N1c2ccccc2CC[C@@H]1C(=O)O)c1ccccc1. The topological polar surface area (TPSA) is 74.7 Å². The Kier molecular flexibility index (Phi) is 5.73. The minimum atomic E-state index is -0.999. The number of nitrogens with zero attached hydrogens (tertiary/aromatic N) is 1. The van der Waals surface area contributed by atoms with Crippen LogP contribution < -0.4 is 4.90 Å². The van der Waals surface area contributed by atoms with E-state index in [4.69, 9.17) is 0 Å². The Balaban J connectivity index is 1.67. The Morgan fingerprint density at radius 1 is 1.04 bits per heavy atom. The molecule has 26 heavy (non-hydrogen) atoms. The van der Waals surface area contributed by atoms with E-state index in [9.17, 15) is 19.5 Å². The lowest BCUT2D eigenvalue weighted by molar-refractivity contribution is -0.140. The maximum absolute atomic E-state index is 12.7. The molecule has 2 aromatic carbocycles. The van der Waals surface area contributed by atoms with Crippen molar-refractivity contribution in [3.8, 4) is 0 Å². The summed E-state index contributed by atoms with van der Waals surface area (Å²) in [6.07, 6.45) is 1.15. The standard InChI is InChI=1S/C20H19NO4S/c22-18(12-13-26-20(25)15-7-2-1-3-8-15)21-16-9-5-4-6-14(16)10-11-17(21)19(23)24/h1-9,17H,10-13H2,(H,23,24)/t17-/m1/s1. The Labute approximate surface area is 156 Å². The van der Waals surface area contributed by atoms with Crippen molar-refractivity contribution in [2.75, 3.05) is 10.7 Å². The third-order valence-electron chi connectivity index (χ3n) is 4.36. The minimum absolute atomic E-state index is 0.0905. The molecular weight excluding hydrogens is 350 g/mol. The number of para-hydroxylation sites is 1. The van der Waals surface area contributed by atoms with Crippen molar-refractivity contribution in [2.24, 2.45) is 0 Å². The molecule has 0 bridgehead atoms. The molecule has 2 aromatic rings. The molecule has 1 amide bonds. The summed E-state index contributed by atoms with van der Waals surface area (Å²) >= 11 is 1.08. The van der Waals surface area contributed by atoms with Crippen LogP contribution in [0.5, 0.6) is 0 Å². The van der Waals surface area contributed by atoms with Gasteiger partial charge in [0.1, 0.15) is 6.04 Å². The summed E-state index contributed by atoms with van der Waals surface area (Å²) in [4.78, 5) is 37.8. The van der Waals surface area contributed by atoms with E-state index in [1.807, 2.05) is 18.2 Å². The fraction of sp³-hybridized carbons (Fsp3) is 0.250. The van der Waals surface area contributed by atoms with E-state index in [0.717, 1.165) is 17.3 Å². The predicted octanol–water partition coefficient (Wildman–Crippen LogP) is 3.38. The van der Waals surface area contributed by atoms with Gasteiger partial charge in [0.25, 0.3) is 0 Å². The van der Waals surface area contributed by atoms with Gasteiger partial charge in [-0.25, -0.2) is 4.79 Å². The number of thioether (sulfide) groups is 1. The van der Waals surface area contributed by atoms with Gasteiger partial charge in [0, 0.05) is 23.4 Å². The zero-order valence-electron chi connectivity index (χ0n) is 14.1. The molecule has 1 heterocycles. The molecule has 1 aliphatic heterocycles. The maximum Gasteiger partial charge on any atom is 0.326 e. The summed E-state index contributed by atoms with van der Waals surface area (Å²) in [5.74, 6) is -0.948. The average molecular weight is 369 g/mol. The smallest absolute Gasteiger partial charge is 0.326 e. The first-order valence-corrected chi connectivity index (χ1v) is 9.41. The summed E-state index contributed by atoms with van der Waals surface area (Å²) < 4.78 is 0. The molecule has 0 aromatic heterocycles. The van der Waals surface area contributed by atoms with Crippen LogP contribution in [0.3, 0.4) is 0 Å². The van der Waals surface area contributed by atoms with Gasteiger partial charge in [-0.1, -0.05) is 60.3 Å². The number of amides is 1. The van der Waals surface area contributed by atoms with Gasteiger partial charge >= 0.3 is 5.97 Å². The maximum atomic E-state index is 12.7. The molecule has 0 spiro atoms. The fourth-order valence-electron chi connectivity index (χ4n) is 3.10. The van der Waals surface area contributed by atoms with Crippen LogP contribution in [0.1, 0.15) is 28.8 Å². The summed E-state index contributed by atoms with van der Waals surface area (Å²) in [5, 5.41) is 9.40. The molecule has 1 atom stereocenters. The molecular formula is C20H19NO4S. The molecule has 0 saturated heterocycles. The fourth-order valence-corrected chi connectivity index (χ4v) is 3.86. The van der Waals surface area contributed by atoms with Gasteiger partial charge < -0.3 is 5.11 Å². The number of fused-ring (bicyclic) bond motifs is 1. The van der Waals surface area contributed by atoms with Crippen molar-refractivity contribution in [2.45, 2.75) is 25.3 Å². The molecule has 5 nitrogen and oxygen atoms in total. The highest BCUT2D eigenvalue weighted by Crippen LogP contribution is 2.31. The van der Waals surface area contributed by atoms with Crippen molar-refractivity contribution in [1.82, 2.24) is 0 Å². The van der Waals surface area contributed by atoms with E-state index in [0.29, 0.717) is 29.8 Å². The number of anilines is 1. The Hall–Kier alpha value is -2.60. The largest absolute Gasteiger partial charge is 0.480 e. The molecule has 1 N–H and O–H groups in total. The van der Waals surface area contributed by atoms with Gasteiger partial charge in [0.15, 0.2) is 0 Å². The monoisotopic (exact) mass is 369 g/mol. The van der Waals surface area contributed by atoms with E-state index in [1.54, 1.807) is 36.4 Å². The highest BCUT2D eigenvalue weighted by molar-refractivity contribution is 8.14. The number of carbonyl (C=O) groups is 3. The van der Waals surface area contributed by atoms with Gasteiger partial charge in [0.05, 0.1) is 0 Å². The highest BCUT2D eigenvalue weighted by atomic mass is 32.2. The minimum Gasteiger partial charge on any atom is -0.480 e. The Bertz CT molecular complexity index is 822. The van der Waals surface area contributed by atoms with Gasteiger partial charge in [-0.3, -0.25) is 14.5 Å². The molecule has 3 rings (SSSR count). The number of hydrogen-bond acceptors (Lipinski definition) is 4. The third-order valence-corrected chi connectivity index (χ3v) is 5.27. The quantitative estimate of drug-likeness (QED) is 0.874. The van der Waals surface area contributed by atoms with Crippen molar-refractivity contribution in [1.29, 1.82) is 0 Å². The lowest BCUT2D eigenvalue weighted by Gasteiger charge is -2.34. The number of carboxylic acid groups (broad SMARTS) is 1. The number of aryl methyl sites for hydroxylation is 1. The zero-order chi connectivity index (χ0) is 18.5. The summed E-state index contributed by atoms with van der Waals surface area (Å²) in [5.41, 5.74) is 2.23. The first-order chi connectivity index (χ1) is 12.6. The number of carboxylic acids is 1. The van der Waals surface area contributed by atoms with E-state index >= 15 is 0 Å². The van der Waals surface area contributed by atoms with E-state index in [-0.39, 0.29) is 17.4 Å². The predicted molar refractivity (Wildman–Crippen MR) is 102 cm³/mol. The first kappa shape index (κ1) is 18.2. The first-order valence-electron chi connectivity index (χ1n) is 8.43. The molecule has 6 heteroatoms. The van der Waals surface area contributed by atoms with Gasteiger partial charge in [-0.05, 0) is 24.5 Å². The summed E-state index contributed by atoms with van der Waals surface area (Å²) in [6, 6.07) is 15.4. The molecule has 1 aliphatic rings. The van der Waals surface area contributed by atoms with Crippen molar-refractivity contribution < 1.29 is 19.5 Å². The van der Waals surface area contributed by atoms with Crippen LogP contribution in [-0.2, 0) is 16.0 Å². The second kappa shape index (κ2) is 8.19. The molecule has 0 fully saturated rings. The van der Waals surface area contributed by atoms with Crippen LogP contribution in [0.4, 0.5) is 5.69 Å². The van der Waals surface area contributed by atoms with E-state index in [1.165, 1.54) is 4.90 Å². The molecule has 0 saturated carbocycles. The highest BCUT2D eigenvalue weighted by Gasteiger charge is 2.35.